The molecule has 118 valence electrons. The van der Waals surface area contributed by atoms with Crippen LogP contribution in [0.5, 0.6) is 0 Å². The van der Waals surface area contributed by atoms with Crippen molar-refractivity contribution in [3.63, 3.8) is 0 Å². The Morgan fingerprint density at radius 2 is 1.75 bits per heavy atom. The Morgan fingerprint density at radius 3 is 2.30 bits per heavy atom. The van der Waals surface area contributed by atoms with Crippen LogP contribution in [0.2, 0.25) is 0 Å². The van der Waals surface area contributed by atoms with E-state index in [1.165, 1.54) is 0 Å². The summed E-state index contributed by atoms with van der Waals surface area (Å²) >= 11 is 0. The molecule has 0 atom stereocenters. The van der Waals surface area contributed by atoms with Crippen molar-refractivity contribution in [3.05, 3.63) is 0 Å². The standard InChI is InChI=1S/C16H31NO3/c1-15(2,3)13-16(4,5)14(18)20-10-6-7-17-8-11-19-12-9-17/h6-13H2,1-5H3. The molecule has 20 heavy (non-hydrogen) atoms. The third kappa shape index (κ3) is 6.71. The van der Waals surface area contributed by atoms with Gasteiger partial charge in [0, 0.05) is 19.6 Å². The van der Waals surface area contributed by atoms with Crippen molar-refractivity contribution in [1.82, 2.24) is 4.90 Å². The number of ether oxygens (including phenoxy) is 2. The van der Waals surface area contributed by atoms with Gasteiger partial charge in [-0.05, 0) is 32.1 Å². The molecule has 0 spiro atoms. The summed E-state index contributed by atoms with van der Waals surface area (Å²) in [5, 5.41) is 0. The molecular weight excluding hydrogens is 254 g/mol. The quantitative estimate of drug-likeness (QED) is 0.555. The van der Waals surface area contributed by atoms with Crippen LogP contribution in [0.1, 0.15) is 47.5 Å². The fourth-order valence-corrected chi connectivity index (χ4v) is 2.87. The van der Waals surface area contributed by atoms with Crippen LogP contribution in [0.4, 0.5) is 0 Å². The highest BCUT2D eigenvalue weighted by atomic mass is 16.5. The van der Waals surface area contributed by atoms with Crippen LogP contribution in [0.25, 0.3) is 0 Å². The van der Waals surface area contributed by atoms with Crippen LogP contribution in [0, 0.1) is 10.8 Å². The first-order valence-corrected chi connectivity index (χ1v) is 7.68. The molecule has 1 saturated heterocycles. The zero-order valence-corrected chi connectivity index (χ0v) is 13.8. The third-order valence-corrected chi connectivity index (χ3v) is 3.48. The molecule has 0 unspecified atom stereocenters. The lowest BCUT2D eigenvalue weighted by atomic mass is 9.76. The van der Waals surface area contributed by atoms with Crippen LogP contribution in [0.3, 0.4) is 0 Å². The van der Waals surface area contributed by atoms with Crippen LogP contribution in [-0.2, 0) is 14.3 Å². The Bertz CT molecular complexity index is 301. The normalized spacial score (nSPS) is 18.1. The average Bonchev–Trinajstić information content (AvgIpc) is 2.32. The first-order valence-electron chi connectivity index (χ1n) is 7.68. The minimum absolute atomic E-state index is 0.0746. The van der Waals surface area contributed by atoms with Gasteiger partial charge in [0.05, 0.1) is 25.2 Å². The average molecular weight is 285 g/mol. The van der Waals surface area contributed by atoms with Crippen LogP contribution in [-0.4, -0.2) is 50.3 Å². The number of nitrogens with zero attached hydrogens (tertiary/aromatic N) is 1. The lowest BCUT2D eigenvalue weighted by Crippen LogP contribution is -2.37. The van der Waals surface area contributed by atoms with Crippen molar-refractivity contribution < 1.29 is 14.3 Å². The molecule has 0 aromatic heterocycles. The van der Waals surface area contributed by atoms with Gasteiger partial charge < -0.3 is 9.47 Å². The fourth-order valence-electron chi connectivity index (χ4n) is 2.87. The van der Waals surface area contributed by atoms with Crippen LogP contribution in [0.15, 0.2) is 0 Å². The monoisotopic (exact) mass is 285 g/mol. The first-order chi connectivity index (χ1) is 9.21. The van der Waals surface area contributed by atoms with E-state index < -0.39 is 5.41 Å². The van der Waals surface area contributed by atoms with Gasteiger partial charge in [-0.2, -0.15) is 0 Å². The summed E-state index contributed by atoms with van der Waals surface area (Å²) in [5.41, 5.74) is -0.270. The van der Waals surface area contributed by atoms with Gasteiger partial charge in [0.1, 0.15) is 0 Å². The summed E-state index contributed by atoms with van der Waals surface area (Å²) in [5.74, 6) is -0.0746. The number of carbonyl (C=O) groups is 1. The van der Waals surface area contributed by atoms with E-state index in [-0.39, 0.29) is 11.4 Å². The largest absolute Gasteiger partial charge is 0.465 e. The molecule has 1 fully saturated rings. The molecule has 0 N–H and O–H groups in total. The molecular formula is C16H31NO3. The Morgan fingerprint density at radius 1 is 1.15 bits per heavy atom. The summed E-state index contributed by atoms with van der Waals surface area (Å²) < 4.78 is 10.8. The number of hydrogen-bond donors (Lipinski definition) is 0. The van der Waals surface area contributed by atoms with E-state index in [0.29, 0.717) is 6.61 Å². The number of hydrogen-bond acceptors (Lipinski definition) is 4. The van der Waals surface area contributed by atoms with E-state index >= 15 is 0 Å². The molecule has 0 aromatic carbocycles. The van der Waals surface area contributed by atoms with E-state index in [2.05, 4.69) is 25.7 Å². The molecule has 4 nitrogen and oxygen atoms in total. The zero-order chi connectivity index (χ0) is 15.2. The fraction of sp³-hybridized carbons (Fsp3) is 0.938. The molecule has 0 saturated carbocycles. The summed E-state index contributed by atoms with van der Waals surface area (Å²) in [4.78, 5) is 14.5. The highest BCUT2D eigenvalue weighted by Gasteiger charge is 2.33. The molecule has 1 heterocycles. The van der Waals surface area contributed by atoms with Crippen molar-refractivity contribution in [2.24, 2.45) is 10.8 Å². The lowest BCUT2D eigenvalue weighted by molar-refractivity contribution is -0.155. The van der Waals surface area contributed by atoms with Crippen molar-refractivity contribution >= 4 is 5.97 Å². The highest BCUT2D eigenvalue weighted by molar-refractivity contribution is 5.75. The van der Waals surface area contributed by atoms with Gasteiger partial charge in [0.2, 0.25) is 0 Å². The lowest BCUT2D eigenvalue weighted by Gasteiger charge is -2.30. The first kappa shape index (κ1) is 17.4. The summed E-state index contributed by atoms with van der Waals surface area (Å²) in [7, 11) is 0. The maximum absolute atomic E-state index is 12.1. The molecule has 0 amide bonds. The maximum Gasteiger partial charge on any atom is 0.311 e. The number of carbonyl (C=O) groups excluding carboxylic acids is 1. The smallest absolute Gasteiger partial charge is 0.311 e. The molecule has 0 aromatic rings. The Balaban J connectivity index is 2.21. The van der Waals surface area contributed by atoms with Gasteiger partial charge in [-0.15, -0.1) is 0 Å². The predicted octanol–water partition coefficient (Wildman–Crippen LogP) is 2.71. The van der Waals surface area contributed by atoms with E-state index in [0.717, 1.165) is 45.7 Å². The van der Waals surface area contributed by atoms with E-state index in [9.17, 15) is 4.79 Å². The number of esters is 1. The van der Waals surface area contributed by atoms with Crippen molar-refractivity contribution in [2.75, 3.05) is 39.5 Å². The van der Waals surface area contributed by atoms with Gasteiger partial charge in [0.15, 0.2) is 0 Å². The predicted molar refractivity (Wildman–Crippen MR) is 80.7 cm³/mol. The minimum atomic E-state index is -0.406. The summed E-state index contributed by atoms with van der Waals surface area (Å²) in [6.07, 6.45) is 1.74. The SMILES string of the molecule is CC(C)(C)CC(C)(C)C(=O)OCCCN1CCOCC1. The van der Waals surface area contributed by atoms with Gasteiger partial charge in [-0.1, -0.05) is 20.8 Å². The summed E-state index contributed by atoms with van der Waals surface area (Å²) in [6, 6.07) is 0. The molecule has 0 aliphatic carbocycles. The zero-order valence-electron chi connectivity index (χ0n) is 13.8. The van der Waals surface area contributed by atoms with E-state index in [4.69, 9.17) is 9.47 Å². The molecule has 1 aliphatic heterocycles. The molecule has 1 aliphatic rings. The second-order valence-corrected chi connectivity index (χ2v) is 7.56. The van der Waals surface area contributed by atoms with Crippen molar-refractivity contribution in [3.8, 4) is 0 Å². The summed E-state index contributed by atoms with van der Waals surface area (Å²) in [6.45, 7) is 15.5. The Labute approximate surface area is 123 Å². The van der Waals surface area contributed by atoms with E-state index in [1.54, 1.807) is 0 Å². The third-order valence-electron chi connectivity index (χ3n) is 3.48. The van der Waals surface area contributed by atoms with Gasteiger partial charge >= 0.3 is 5.97 Å². The molecule has 4 heteroatoms. The second kappa shape index (κ2) is 7.41. The van der Waals surface area contributed by atoms with Crippen molar-refractivity contribution in [1.29, 1.82) is 0 Å². The van der Waals surface area contributed by atoms with Crippen LogP contribution < -0.4 is 0 Å². The second-order valence-electron chi connectivity index (χ2n) is 7.56. The highest BCUT2D eigenvalue weighted by Crippen LogP contribution is 2.34. The van der Waals surface area contributed by atoms with Gasteiger partial charge in [-0.3, -0.25) is 9.69 Å². The topological polar surface area (TPSA) is 38.8 Å². The molecule has 1 rings (SSSR count). The van der Waals surface area contributed by atoms with Gasteiger partial charge in [-0.25, -0.2) is 0 Å². The van der Waals surface area contributed by atoms with Gasteiger partial charge in [0.25, 0.3) is 0 Å². The molecule has 0 radical (unpaired) electrons. The van der Waals surface area contributed by atoms with Crippen LogP contribution >= 0.6 is 0 Å². The Hall–Kier alpha value is -0.610. The maximum atomic E-state index is 12.1. The number of rotatable bonds is 6. The molecule has 0 bridgehead atoms. The van der Waals surface area contributed by atoms with E-state index in [1.807, 2.05) is 13.8 Å². The Kier molecular flexibility index (Phi) is 6.46. The van der Waals surface area contributed by atoms with Crippen molar-refractivity contribution in [2.45, 2.75) is 47.5 Å². The number of morpholine rings is 1. The minimum Gasteiger partial charge on any atom is -0.465 e.